The van der Waals surface area contributed by atoms with Crippen molar-refractivity contribution in [3.63, 3.8) is 0 Å². The van der Waals surface area contributed by atoms with Gasteiger partial charge in [0.05, 0.1) is 17.1 Å². The number of benzene rings is 1. The van der Waals surface area contributed by atoms with E-state index in [4.69, 9.17) is 5.26 Å². The summed E-state index contributed by atoms with van der Waals surface area (Å²) in [6, 6.07) is 14.4. The number of nitriles is 1. The molecule has 0 radical (unpaired) electrons. The van der Waals surface area contributed by atoms with Gasteiger partial charge in [-0.2, -0.15) is 5.26 Å². The van der Waals surface area contributed by atoms with Crippen molar-refractivity contribution in [3.05, 3.63) is 65.7 Å². The molecule has 2 heterocycles. The molecule has 0 spiro atoms. The Hall–Kier alpha value is -3.13. The topological polar surface area (TPSA) is 70.2 Å². The summed E-state index contributed by atoms with van der Waals surface area (Å²) in [7, 11) is 0. The number of aryl methyl sites for hydroxylation is 1. The number of carbonyl (C=O) groups is 1. The van der Waals surface area contributed by atoms with Gasteiger partial charge in [0.1, 0.15) is 5.82 Å². The number of nitrogens with zero attached hydrogens (tertiary/aromatic N) is 3. The van der Waals surface area contributed by atoms with E-state index in [-0.39, 0.29) is 5.91 Å². The third-order valence-electron chi connectivity index (χ3n) is 3.21. The summed E-state index contributed by atoms with van der Waals surface area (Å²) < 4.78 is 1.87. The Kier molecular flexibility index (Phi) is 3.13. The summed E-state index contributed by atoms with van der Waals surface area (Å²) in [6.45, 7) is 1.85. The van der Waals surface area contributed by atoms with Crippen molar-refractivity contribution in [2.45, 2.75) is 6.92 Å². The van der Waals surface area contributed by atoms with Crippen LogP contribution < -0.4 is 5.32 Å². The highest BCUT2D eigenvalue weighted by atomic mass is 16.1. The van der Waals surface area contributed by atoms with Crippen LogP contribution in [0, 0.1) is 18.3 Å². The fourth-order valence-electron chi connectivity index (χ4n) is 2.18. The van der Waals surface area contributed by atoms with Crippen LogP contribution in [0.1, 0.15) is 21.9 Å². The SMILES string of the molecule is Cc1nc(C(=O)Nc2ccc(C#N)cc2)c2ccccn12. The summed E-state index contributed by atoms with van der Waals surface area (Å²) in [5.41, 5.74) is 2.34. The minimum atomic E-state index is -0.267. The van der Waals surface area contributed by atoms with Crippen molar-refractivity contribution < 1.29 is 4.79 Å². The second-order valence-corrected chi connectivity index (χ2v) is 4.61. The monoisotopic (exact) mass is 276 g/mol. The van der Waals surface area contributed by atoms with E-state index < -0.39 is 0 Å². The van der Waals surface area contributed by atoms with E-state index in [1.54, 1.807) is 24.3 Å². The van der Waals surface area contributed by atoms with Crippen molar-refractivity contribution in [1.82, 2.24) is 9.38 Å². The molecular weight excluding hydrogens is 264 g/mol. The zero-order valence-electron chi connectivity index (χ0n) is 11.4. The van der Waals surface area contributed by atoms with Gasteiger partial charge in [-0.1, -0.05) is 6.07 Å². The van der Waals surface area contributed by atoms with Crippen LogP contribution in [0.25, 0.3) is 5.52 Å². The molecule has 102 valence electrons. The lowest BCUT2D eigenvalue weighted by molar-refractivity contribution is 0.102. The molecule has 3 aromatic rings. The van der Waals surface area contributed by atoms with Crippen molar-refractivity contribution in [2.24, 2.45) is 0 Å². The van der Waals surface area contributed by atoms with E-state index in [2.05, 4.69) is 10.3 Å². The zero-order valence-corrected chi connectivity index (χ0v) is 11.4. The number of imidazole rings is 1. The van der Waals surface area contributed by atoms with Gasteiger partial charge in [0.2, 0.25) is 0 Å². The minimum Gasteiger partial charge on any atom is -0.321 e. The maximum Gasteiger partial charge on any atom is 0.276 e. The molecule has 0 fully saturated rings. The number of nitrogens with one attached hydrogen (secondary N) is 1. The van der Waals surface area contributed by atoms with E-state index in [1.807, 2.05) is 41.8 Å². The van der Waals surface area contributed by atoms with Gasteiger partial charge in [-0.05, 0) is 43.3 Å². The number of pyridine rings is 1. The van der Waals surface area contributed by atoms with Crippen LogP contribution in [0.2, 0.25) is 0 Å². The van der Waals surface area contributed by atoms with Gasteiger partial charge in [-0.25, -0.2) is 4.98 Å². The first-order valence-electron chi connectivity index (χ1n) is 6.44. The molecule has 0 unspecified atom stereocenters. The highest BCUT2D eigenvalue weighted by Gasteiger charge is 2.15. The number of fused-ring (bicyclic) bond motifs is 1. The van der Waals surface area contributed by atoms with Crippen LogP contribution in [0.4, 0.5) is 5.69 Å². The van der Waals surface area contributed by atoms with E-state index in [9.17, 15) is 4.79 Å². The molecule has 1 aromatic carbocycles. The molecule has 0 aliphatic rings. The smallest absolute Gasteiger partial charge is 0.276 e. The largest absolute Gasteiger partial charge is 0.321 e. The Balaban J connectivity index is 1.92. The normalized spacial score (nSPS) is 10.3. The van der Waals surface area contributed by atoms with Crippen LogP contribution in [-0.2, 0) is 0 Å². The Morgan fingerprint density at radius 2 is 2.00 bits per heavy atom. The van der Waals surface area contributed by atoms with E-state index in [1.165, 1.54) is 0 Å². The van der Waals surface area contributed by atoms with Crippen molar-refractivity contribution in [2.75, 3.05) is 5.32 Å². The zero-order chi connectivity index (χ0) is 14.8. The molecule has 1 amide bonds. The standard InChI is InChI=1S/C16H12N4O/c1-11-18-15(14-4-2-3-9-20(11)14)16(21)19-13-7-5-12(10-17)6-8-13/h2-9H,1H3,(H,19,21). The number of carbonyl (C=O) groups excluding carboxylic acids is 1. The first kappa shape index (κ1) is 12.9. The average Bonchev–Trinajstić information content (AvgIpc) is 2.86. The van der Waals surface area contributed by atoms with Crippen molar-refractivity contribution >= 4 is 17.1 Å². The number of hydrogen-bond acceptors (Lipinski definition) is 3. The van der Waals surface area contributed by atoms with E-state index in [0.29, 0.717) is 16.9 Å². The summed E-state index contributed by atoms with van der Waals surface area (Å²) >= 11 is 0. The first-order chi connectivity index (χ1) is 10.2. The molecular formula is C16H12N4O. The second kappa shape index (κ2) is 5.10. The van der Waals surface area contributed by atoms with Gasteiger partial charge in [-0.15, -0.1) is 0 Å². The molecule has 0 bridgehead atoms. The molecule has 21 heavy (non-hydrogen) atoms. The summed E-state index contributed by atoms with van der Waals surface area (Å²) in [5, 5.41) is 11.6. The van der Waals surface area contributed by atoms with Crippen LogP contribution in [-0.4, -0.2) is 15.3 Å². The highest BCUT2D eigenvalue weighted by molar-refractivity contribution is 6.07. The quantitative estimate of drug-likeness (QED) is 0.782. The van der Waals surface area contributed by atoms with E-state index >= 15 is 0 Å². The van der Waals surface area contributed by atoms with Crippen LogP contribution in [0.15, 0.2) is 48.7 Å². The molecule has 0 aliphatic heterocycles. The number of amides is 1. The van der Waals surface area contributed by atoms with Crippen LogP contribution >= 0.6 is 0 Å². The number of anilines is 1. The van der Waals surface area contributed by atoms with Gasteiger partial charge < -0.3 is 9.72 Å². The predicted octanol–water partition coefficient (Wildman–Crippen LogP) is 2.77. The average molecular weight is 276 g/mol. The molecule has 0 atom stereocenters. The first-order valence-corrected chi connectivity index (χ1v) is 6.44. The van der Waals surface area contributed by atoms with Crippen molar-refractivity contribution in [1.29, 1.82) is 5.26 Å². The molecule has 0 saturated carbocycles. The Morgan fingerprint density at radius 1 is 1.24 bits per heavy atom. The van der Waals surface area contributed by atoms with Gasteiger partial charge in [-0.3, -0.25) is 4.79 Å². The minimum absolute atomic E-state index is 0.267. The van der Waals surface area contributed by atoms with Gasteiger partial charge >= 0.3 is 0 Å². The molecule has 1 N–H and O–H groups in total. The lowest BCUT2D eigenvalue weighted by Crippen LogP contribution is -2.12. The van der Waals surface area contributed by atoms with Crippen LogP contribution in [0.3, 0.4) is 0 Å². The molecule has 3 rings (SSSR count). The summed E-state index contributed by atoms with van der Waals surface area (Å²) in [6.07, 6.45) is 1.87. The fraction of sp³-hybridized carbons (Fsp3) is 0.0625. The van der Waals surface area contributed by atoms with Gasteiger partial charge in [0.25, 0.3) is 5.91 Å². The Labute approximate surface area is 121 Å². The molecule has 5 nitrogen and oxygen atoms in total. The van der Waals surface area contributed by atoms with E-state index in [0.717, 1.165) is 11.3 Å². The third-order valence-corrected chi connectivity index (χ3v) is 3.21. The fourth-order valence-corrected chi connectivity index (χ4v) is 2.18. The number of aromatic nitrogens is 2. The molecule has 0 saturated heterocycles. The van der Waals surface area contributed by atoms with Crippen LogP contribution in [0.5, 0.6) is 0 Å². The Morgan fingerprint density at radius 3 is 2.71 bits per heavy atom. The lowest BCUT2D eigenvalue weighted by atomic mass is 10.2. The highest BCUT2D eigenvalue weighted by Crippen LogP contribution is 2.15. The lowest BCUT2D eigenvalue weighted by Gasteiger charge is -2.03. The molecule has 5 heteroatoms. The maximum atomic E-state index is 12.3. The second-order valence-electron chi connectivity index (χ2n) is 4.61. The predicted molar refractivity (Wildman–Crippen MR) is 79.0 cm³/mol. The third kappa shape index (κ3) is 2.35. The van der Waals surface area contributed by atoms with Gasteiger partial charge in [0, 0.05) is 11.9 Å². The molecule has 0 aliphatic carbocycles. The molecule has 2 aromatic heterocycles. The Bertz CT molecular complexity index is 856. The number of rotatable bonds is 2. The number of hydrogen-bond donors (Lipinski definition) is 1. The van der Waals surface area contributed by atoms with Crippen molar-refractivity contribution in [3.8, 4) is 6.07 Å². The summed E-state index contributed by atoms with van der Waals surface area (Å²) in [5.74, 6) is 0.493. The summed E-state index contributed by atoms with van der Waals surface area (Å²) in [4.78, 5) is 16.7. The van der Waals surface area contributed by atoms with Gasteiger partial charge in [0.15, 0.2) is 5.69 Å². The maximum absolute atomic E-state index is 12.3.